The van der Waals surface area contributed by atoms with Crippen LogP contribution in [0.1, 0.15) is 36.5 Å². The molecule has 0 heterocycles. The van der Waals surface area contributed by atoms with E-state index in [4.69, 9.17) is 9.84 Å². The molecule has 23 heavy (non-hydrogen) atoms. The molecule has 3 heteroatoms. The van der Waals surface area contributed by atoms with E-state index in [0.29, 0.717) is 13.0 Å². The van der Waals surface area contributed by atoms with Gasteiger partial charge in [0, 0.05) is 6.42 Å². The predicted octanol–water partition coefficient (Wildman–Crippen LogP) is 4.71. The quantitative estimate of drug-likeness (QED) is 0.768. The average molecular weight is 310 g/mol. The smallest absolute Gasteiger partial charge is 0.303 e. The Balaban J connectivity index is 2.11. The van der Waals surface area contributed by atoms with Crippen molar-refractivity contribution in [3.8, 4) is 5.75 Å². The van der Waals surface area contributed by atoms with E-state index in [-0.39, 0.29) is 6.42 Å². The van der Waals surface area contributed by atoms with Crippen LogP contribution in [0.25, 0.3) is 6.08 Å². The SMILES string of the molecule is CCC=Cc1cc(OCc2ccccc2)ccc1CCC(=O)O. The number of aryl methyl sites for hydroxylation is 1. The number of hydrogen-bond donors (Lipinski definition) is 1. The lowest BCUT2D eigenvalue weighted by atomic mass is 10.0. The fraction of sp³-hybridized carbons (Fsp3) is 0.250. The monoisotopic (exact) mass is 310 g/mol. The molecule has 3 nitrogen and oxygen atoms in total. The number of rotatable bonds is 8. The Morgan fingerprint density at radius 2 is 1.96 bits per heavy atom. The number of carboxylic acid groups (broad SMARTS) is 1. The van der Waals surface area contributed by atoms with Gasteiger partial charge in [0.05, 0.1) is 0 Å². The average Bonchev–Trinajstić information content (AvgIpc) is 2.57. The van der Waals surface area contributed by atoms with Crippen molar-refractivity contribution in [2.75, 3.05) is 0 Å². The number of aliphatic carboxylic acids is 1. The normalized spacial score (nSPS) is 10.8. The topological polar surface area (TPSA) is 46.5 Å². The molecule has 1 N–H and O–H groups in total. The van der Waals surface area contributed by atoms with E-state index in [0.717, 1.165) is 28.9 Å². The Labute approximate surface area is 137 Å². The van der Waals surface area contributed by atoms with E-state index in [1.165, 1.54) is 0 Å². The van der Waals surface area contributed by atoms with Gasteiger partial charge in [-0.3, -0.25) is 4.79 Å². The van der Waals surface area contributed by atoms with Gasteiger partial charge in [0.25, 0.3) is 0 Å². The summed E-state index contributed by atoms with van der Waals surface area (Å²) in [7, 11) is 0. The maximum absolute atomic E-state index is 10.8. The van der Waals surface area contributed by atoms with Crippen molar-refractivity contribution in [2.24, 2.45) is 0 Å². The molecular weight excluding hydrogens is 288 g/mol. The molecule has 0 bridgehead atoms. The molecule has 0 aliphatic rings. The van der Waals surface area contributed by atoms with Crippen molar-refractivity contribution in [1.82, 2.24) is 0 Å². The van der Waals surface area contributed by atoms with Crippen LogP contribution in [0.15, 0.2) is 54.6 Å². The minimum Gasteiger partial charge on any atom is -0.489 e. The summed E-state index contributed by atoms with van der Waals surface area (Å²) in [6.07, 6.45) is 5.70. The Hall–Kier alpha value is -2.55. The lowest BCUT2D eigenvalue weighted by Crippen LogP contribution is -2.00. The minimum absolute atomic E-state index is 0.136. The number of benzene rings is 2. The van der Waals surface area contributed by atoms with Crippen LogP contribution in [-0.2, 0) is 17.8 Å². The summed E-state index contributed by atoms with van der Waals surface area (Å²) in [4.78, 5) is 10.8. The Bertz CT molecular complexity index is 660. The summed E-state index contributed by atoms with van der Waals surface area (Å²) in [5, 5.41) is 8.86. The molecule has 2 aromatic carbocycles. The molecule has 0 radical (unpaired) electrons. The zero-order valence-corrected chi connectivity index (χ0v) is 13.4. The molecule has 120 valence electrons. The van der Waals surface area contributed by atoms with Gasteiger partial charge < -0.3 is 9.84 Å². The summed E-state index contributed by atoms with van der Waals surface area (Å²) in [6.45, 7) is 2.59. The summed E-state index contributed by atoms with van der Waals surface area (Å²) in [5.74, 6) is 0.0171. The van der Waals surface area contributed by atoms with E-state index >= 15 is 0 Å². The van der Waals surface area contributed by atoms with Crippen LogP contribution in [0.2, 0.25) is 0 Å². The predicted molar refractivity (Wildman–Crippen MR) is 92.5 cm³/mol. The van der Waals surface area contributed by atoms with Crippen LogP contribution in [-0.4, -0.2) is 11.1 Å². The van der Waals surface area contributed by atoms with Crippen molar-refractivity contribution in [2.45, 2.75) is 32.8 Å². The van der Waals surface area contributed by atoms with E-state index < -0.39 is 5.97 Å². The van der Waals surface area contributed by atoms with E-state index in [2.05, 4.69) is 13.0 Å². The molecule has 0 spiro atoms. The van der Waals surface area contributed by atoms with Gasteiger partial charge in [0.2, 0.25) is 0 Å². The minimum atomic E-state index is -0.778. The molecule has 0 aliphatic heterocycles. The van der Waals surface area contributed by atoms with Gasteiger partial charge in [-0.1, -0.05) is 55.5 Å². The lowest BCUT2D eigenvalue weighted by molar-refractivity contribution is -0.136. The number of hydrogen-bond acceptors (Lipinski definition) is 2. The van der Waals surface area contributed by atoms with Gasteiger partial charge in [0.1, 0.15) is 12.4 Å². The Kier molecular flexibility index (Phi) is 6.42. The first-order valence-electron chi connectivity index (χ1n) is 7.87. The highest BCUT2D eigenvalue weighted by Crippen LogP contribution is 2.22. The standard InChI is InChI=1S/C20H22O3/c1-2-3-9-18-14-19(12-10-17(18)11-13-20(21)22)23-15-16-7-5-4-6-8-16/h3-10,12,14H,2,11,13,15H2,1H3,(H,21,22). The first-order chi connectivity index (χ1) is 11.2. The zero-order chi connectivity index (χ0) is 16.5. The summed E-state index contributed by atoms with van der Waals surface area (Å²) in [6, 6.07) is 15.9. The van der Waals surface area contributed by atoms with Gasteiger partial charge in [-0.2, -0.15) is 0 Å². The summed E-state index contributed by atoms with van der Waals surface area (Å²) < 4.78 is 5.84. The van der Waals surface area contributed by atoms with Crippen molar-refractivity contribution in [3.63, 3.8) is 0 Å². The maximum Gasteiger partial charge on any atom is 0.303 e. The molecule has 0 amide bonds. The van der Waals surface area contributed by atoms with Gasteiger partial charge in [0.15, 0.2) is 0 Å². The molecule has 0 saturated heterocycles. The van der Waals surface area contributed by atoms with Crippen LogP contribution in [0.3, 0.4) is 0 Å². The fourth-order valence-corrected chi connectivity index (χ4v) is 2.27. The van der Waals surface area contributed by atoms with Gasteiger partial charge in [-0.05, 0) is 41.7 Å². The third kappa shape index (κ3) is 5.62. The molecule has 0 unspecified atom stereocenters. The van der Waals surface area contributed by atoms with Crippen LogP contribution in [0.4, 0.5) is 0 Å². The number of carboxylic acids is 1. The van der Waals surface area contributed by atoms with Crippen LogP contribution < -0.4 is 4.74 Å². The molecule has 2 rings (SSSR count). The van der Waals surface area contributed by atoms with E-state index in [1.807, 2.05) is 54.6 Å². The second kappa shape index (κ2) is 8.79. The second-order valence-electron chi connectivity index (χ2n) is 5.34. The Morgan fingerprint density at radius 3 is 2.65 bits per heavy atom. The number of carbonyl (C=O) groups is 1. The zero-order valence-electron chi connectivity index (χ0n) is 13.4. The van der Waals surface area contributed by atoms with Crippen molar-refractivity contribution >= 4 is 12.0 Å². The molecule has 2 aromatic rings. The van der Waals surface area contributed by atoms with Gasteiger partial charge >= 0.3 is 5.97 Å². The molecule has 0 aliphatic carbocycles. The van der Waals surface area contributed by atoms with E-state index in [1.54, 1.807) is 0 Å². The largest absolute Gasteiger partial charge is 0.489 e. The first-order valence-corrected chi connectivity index (χ1v) is 7.87. The third-order valence-electron chi connectivity index (χ3n) is 3.51. The van der Waals surface area contributed by atoms with Crippen LogP contribution in [0, 0.1) is 0 Å². The van der Waals surface area contributed by atoms with E-state index in [9.17, 15) is 4.79 Å². The van der Waals surface area contributed by atoms with Gasteiger partial charge in [-0.25, -0.2) is 0 Å². The molecule has 0 aromatic heterocycles. The number of allylic oxidation sites excluding steroid dienone is 1. The number of ether oxygens (including phenoxy) is 1. The second-order valence-corrected chi connectivity index (χ2v) is 5.34. The highest BCUT2D eigenvalue weighted by atomic mass is 16.5. The third-order valence-corrected chi connectivity index (χ3v) is 3.51. The fourth-order valence-electron chi connectivity index (χ4n) is 2.27. The molecule has 0 saturated carbocycles. The highest BCUT2D eigenvalue weighted by Gasteiger charge is 2.06. The lowest BCUT2D eigenvalue weighted by Gasteiger charge is -2.10. The van der Waals surface area contributed by atoms with Crippen LogP contribution >= 0.6 is 0 Å². The van der Waals surface area contributed by atoms with Crippen molar-refractivity contribution < 1.29 is 14.6 Å². The Morgan fingerprint density at radius 1 is 1.17 bits per heavy atom. The maximum atomic E-state index is 10.8. The van der Waals surface area contributed by atoms with Gasteiger partial charge in [-0.15, -0.1) is 0 Å². The van der Waals surface area contributed by atoms with Crippen molar-refractivity contribution in [1.29, 1.82) is 0 Å². The van der Waals surface area contributed by atoms with Crippen LogP contribution in [0.5, 0.6) is 5.75 Å². The molecule has 0 atom stereocenters. The highest BCUT2D eigenvalue weighted by molar-refractivity contribution is 5.67. The first kappa shape index (κ1) is 16.8. The summed E-state index contributed by atoms with van der Waals surface area (Å²) >= 11 is 0. The summed E-state index contributed by atoms with van der Waals surface area (Å²) in [5.41, 5.74) is 3.18. The van der Waals surface area contributed by atoms with Crippen molar-refractivity contribution in [3.05, 3.63) is 71.3 Å². The molecule has 0 fully saturated rings. The molecular formula is C20H22O3.